The molecule has 24 heavy (non-hydrogen) atoms. The Morgan fingerprint density at radius 2 is 1.83 bits per heavy atom. The maximum atomic E-state index is 10.7. The van der Waals surface area contributed by atoms with Crippen LogP contribution in [0.1, 0.15) is 70.1 Å². The van der Waals surface area contributed by atoms with Crippen LogP contribution in [0.3, 0.4) is 0 Å². The molecule has 4 atom stereocenters. The Hall–Kier alpha value is -1.02. The van der Waals surface area contributed by atoms with Gasteiger partial charge in [0, 0.05) is 16.5 Å². The maximum absolute atomic E-state index is 10.7. The third-order valence-electron chi connectivity index (χ3n) is 8.00. The highest BCUT2D eigenvalue weighted by molar-refractivity contribution is 5.52. The number of benzene rings is 1. The largest absolute Gasteiger partial charge is 0.508 e. The first kappa shape index (κ1) is 16.4. The van der Waals surface area contributed by atoms with E-state index in [1.807, 2.05) is 6.07 Å². The van der Waals surface area contributed by atoms with Gasteiger partial charge in [0.15, 0.2) is 0 Å². The summed E-state index contributed by atoms with van der Waals surface area (Å²) in [5.41, 5.74) is 4.57. The Bertz CT molecular complexity index is 679. The molecule has 2 aliphatic carbocycles. The molecule has 1 heterocycles. The summed E-state index contributed by atoms with van der Waals surface area (Å²) in [5, 5.41) is 14.6. The zero-order valence-corrected chi connectivity index (χ0v) is 16.0. The van der Waals surface area contributed by atoms with Crippen molar-refractivity contribution >= 4 is 0 Å². The van der Waals surface area contributed by atoms with Crippen LogP contribution in [0.15, 0.2) is 12.1 Å². The number of nitrogens with one attached hydrogen (secondary N) is 1. The first-order chi connectivity index (χ1) is 11.2. The van der Waals surface area contributed by atoms with E-state index in [-0.39, 0.29) is 11.0 Å². The summed E-state index contributed by atoms with van der Waals surface area (Å²) in [6.07, 6.45) is 6.18. The smallest absolute Gasteiger partial charge is 0.119 e. The van der Waals surface area contributed by atoms with Crippen LogP contribution in [-0.2, 0) is 11.8 Å². The lowest BCUT2D eigenvalue weighted by Crippen LogP contribution is -2.57. The molecule has 1 saturated carbocycles. The second-order valence-electron chi connectivity index (χ2n) is 9.84. The van der Waals surface area contributed by atoms with E-state index in [9.17, 15) is 5.11 Å². The Balaban J connectivity index is 1.84. The summed E-state index contributed by atoms with van der Waals surface area (Å²) in [7, 11) is 0. The highest BCUT2D eigenvalue weighted by Gasteiger charge is 2.60. The van der Waals surface area contributed by atoms with Gasteiger partial charge in [0.25, 0.3) is 0 Å². The Kier molecular flexibility index (Phi) is 3.43. The van der Waals surface area contributed by atoms with Gasteiger partial charge in [0.1, 0.15) is 5.75 Å². The van der Waals surface area contributed by atoms with Crippen LogP contribution in [-0.4, -0.2) is 17.2 Å². The molecule has 0 amide bonds. The summed E-state index contributed by atoms with van der Waals surface area (Å²) in [4.78, 5) is 0. The molecule has 2 N–H and O–H groups in total. The van der Waals surface area contributed by atoms with E-state index in [1.54, 1.807) is 0 Å². The van der Waals surface area contributed by atoms with Gasteiger partial charge in [0.2, 0.25) is 0 Å². The molecular formula is C22H33NO. The minimum Gasteiger partial charge on any atom is -0.508 e. The van der Waals surface area contributed by atoms with E-state index >= 15 is 0 Å². The fourth-order valence-corrected chi connectivity index (χ4v) is 7.09. The zero-order valence-electron chi connectivity index (χ0n) is 16.0. The summed E-state index contributed by atoms with van der Waals surface area (Å²) in [5.74, 6) is 1.90. The van der Waals surface area contributed by atoms with Gasteiger partial charge in [-0.2, -0.15) is 0 Å². The normalized spacial score (nSPS) is 40.4. The van der Waals surface area contributed by atoms with Crippen LogP contribution in [0.2, 0.25) is 0 Å². The monoisotopic (exact) mass is 327 g/mol. The predicted octanol–water partition coefficient (Wildman–Crippen LogP) is 4.71. The predicted molar refractivity (Wildman–Crippen MR) is 99.5 cm³/mol. The average molecular weight is 328 g/mol. The van der Waals surface area contributed by atoms with Crippen molar-refractivity contribution in [2.24, 2.45) is 17.3 Å². The van der Waals surface area contributed by atoms with Gasteiger partial charge in [-0.25, -0.2) is 0 Å². The van der Waals surface area contributed by atoms with Gasteiger partial charge < -0.3 is 10.4 Å². The SMILES string of the molecule is Cc1cc(O)c2c(c1)C[C@@H]1[C@@]3(C)CCCNC(C)(C)[C@@H]3CC[C@@]21C. The van der Waals surface area contributed by atoms with E-state index < -0.39 is 0 Å². The molecule has 2 nitrogen and oxygen atoms in total. The number of phenols is 1. The molecule has 0 unspecified atom stereocenters. The summed E-state index contributed by atoms with van der Waals surface area (Å²) >= 11 is 0. The minimum absolute atomic E-state index is 0.138. The van der Waals surface area contributed by atoms with Crippen molar-refractivity contribution in [3.05, 3.63) is 28.8 Å². The number of aryl methyl sites for hydroxylation is 1. The first-order valence-electron chi connectivity index (χ1n) is 9.76. The van der Waals surface area contributed by atoms with E-state index in [2.05, 4.69) is 46.0 Å². The minimum atomic E-state index is 0.138. The molecular weight excluding hydrogens is 294 g/mol. The molecule has 1 saturated heterocycles. The Morgan fingerprint density at radius 3 is 2.58 bits per heavy atom. The molecule has 1 aliphatic heterocycles. The van der Waals surface area contributed by atoms with Crippen molar-refractivity contribution in [2.75, 3.05) is 6.54 Å². The van der Waals surface area contributed by atoms with Crippen molar-refractivity contribution in [3.63, 3.8) is 0 Å². The fourth-order valence-electron chi connectivity index (χ4n) is 7.09. The van der Waals surface area contributed by atoms with Gasteiger partial charge in [-0.3, -0.25) is 0 Å². The number of hydrogen-bond acceptors (Lipinski definition) is 2. The number of aromatic hydroxyl groups is 1. The van der Waals surface area contributed by atoms with Gasteiger partial charge in [0.05, 0.1) is 0 Å². The van der Waals surface area contributed by atoms with E-state index in [4.69, 9.17) is 0 Å². The topological polar surface area (TPSA) is 32.3 Å². The molecule has 2 fully saturated rings. The standard InChI is InChI=1S/C22H33NO/c1-14-11-15-13-18-21(4)8-6-10-23-20(2,3)17(21)7-9-22(18,5)19(15)16(24)12-14/h11-12,17-18,23-24H,6-10,13H2,1-5H3/t17-,18+,21-,22+/m0/s1. The highest BCUT2D eigenvalue weighted by Crippen LogP contribution is 2.65. The maximum Gasteiger partial charge on any atom is 0.119 e. The van der Waals surface area contributed by atoms with Crippen LogP contribution in [0.4, 0.5) is 0 Å². The van der Waals surface area contributed by atoms with Gasteiger partial charge in [-0.05, 0) is 93.9 Å². The van der Waals surface area contributed by atoms with Crippen LogP contribution < -0.4 is 5.32 Å². The van der Waals surface area contributed by atoms with Crippen LogP contribution in [0.5, 0.6) is 5.75 Å². The molecule has 1 aromatic carbocycles. The highest BCUT2D eigenvalue weighted by atomic mass is 16.3. The van der Waals surface area contributed by atoms with Crippen molar-refractivity contribution in [1.29, 1.82) is 0 Å². The molecule has 0 bridgehead atoms. The summed E-state index contributed by atoms with van der Waals surface area (Å²) < 4.78 is 0. The lowest BCUT2D eigenvalue weighted by Gasteiger charge is -2.57. The molecule has 0 spiro atoms. The first-order valence-corrected chi connectivity index (χ1v) is 9.76. The summed E-state index contributed by atoms with van der Waals surface area (Å²) in [6, 6.07) is 4.30. The van der Waals surface area contributed by atoms with Crippen molar-refractivity contribution in [2.45, 2.75) is 77.7 Å². The number of fused-ring (bicyclic) bond motifs is 5. The van der Waals surface area contributed by atoms with Crippen molar-refractivity contribution in [1.82, 2.24) is 5.32 Å². The van der Waals surface area contributed by atoms with Crippen molar-refractivity contribution in [3.8, 4) is 5.75 Å². The third-order valence-corrected chi connectivity index (χ3v) is 8.00. The van der Waals surface area contributed by atoms with Crippen LogP contribution in [0, 0.1) is 24.2 Å². The molecule has 2 heteroatoms. The van der Waals surface area contributed by atoms with Crippen LogP contribution in [0.25, 0.3) is 0 Å². The molecule has 1 aromatic rings. The third kappa shape index (κ3) is 2.05. The Labute approximate surface area is 147 Å². The average Bonchev–Trinajstić information content (AvgIpc) is 2.71. The second kappa shape index (κ2) is 5.00. The number of hydrogen-bond donors (Lipinski definition) is 2. The molecule has 4 rings (SSSR count). The van der Waals surface area contributed by atoms with Gasteiger partial charge in [-0.15, -0.1) is 0 Å². The lowest BCUT2D eigenvalue weighted by atomic mass is 9.48. The molecule has 0 aromatic heterocycles. The van der Waals surface area contributed by atoms with Crippen LogP contribution >= 0.6 is 0 Å². The lowest BCUT2D eigenvalue weighted by molar-refractivity contribution is -0.0421. The molecule has 3 aliphatic rings. The van der Waals surface area contributed by atoms with Crippen molar-refractivity contribution < 1.29 is 5.11 Å². The number of rotatable bonds is 0. The summed E-state index contributed by atoms with van der Waals surface area (Å²) in [6.45, 7) is 13.1. The fraction of sp³-hybridized carbons (Fsp3) is 0.727. The molecule has 0 radical (unpaired) electrons. The van der Waals surface area contributed by atoms with Gasteiger partial charge in [-0.1, -0.05) is 19.9 Å². The quantitative estimate of drug-likeness (QED) is 0.723. The van der Waals surface area contributed by atoms with E-state index in [0.29, 0.717) is 23.0 Å². The Morgan fingerprint density at radius 1 is 1.08 bits per heavy atom. The van der Waals surface area contributed by atoms with Gasteiger partial charge >= 0.3 is 0 Å². The second-order valence-corrected chi connectivity index (χ2v) is 9.84. The van der Waals surface area contributed by atoms with E-state index in [0.717, 1.165) is 13.0 Å². The zero-order chi connectivity index (χ0) is 17.3. The number of phenolic OH excluding ortho intramolecular Hbond substituents is 1. The molecule has 132 valence electrons. The van der Waals surface area contributed by atoms with E-state index in [1.165, 1.54) is 42.4 Å².